The van der Waals surface area contributed by atoms with Gasteiger partial charge in [0, 0.05) is 11.9 Å². The Bertz CT molecular complexity index is 1440. The van der Waals surface area contributed by atoms with Crippen molar-refractivity contribution in [2.24, 2.45) is 5.41 Å². The summed E-state index contributed by atoms with van der Waals surface area (Å²) < 4.78 is 3.94. The highest BCUT2D eigenvalue weighted by Gasteiger charge is 2.49. The summed E-state index contributed by atoms with van der Waals surface area (Å²) in [4.78, 5) is 61.3. The number of aryl methyl sites for hydroxylation is 1. The second-order valence-electron chi connectivity index (χ2n) is 11.3. The van der Waals surface area contributed by atoms with E-state index < -0.39 is 47.4 Å². The fraction of sp³-hybridized carbons (Fsp3) is 0.483. The van der Waals surface area contributed by atoms with Gasteiger partial charge in [0.1, 0.15) is 27.8 Å². The molecule has 1 unspecified atom stereocenters. The first-order valence-electron chi connectivity index (χ1n) is 13.9. The standard InChI is InChI=1S/C29H36N6O5S2/c1-6-7-13-21(23(36)25(37)30-17(2)19-11-9-8-10-12-19)35(28(39)40)22-14-29(4,5)16-34(22)27(38)20-15-41-26(31-20)24-18(3)32-33-42-24/h8-12,15,17,21-22H,6-7,13-14,16H2,1-5H3,(H,30,37)(H,39,40)/t17-,21+,22?/m1/s1. The number of hydrogen-bond acceptors (Lipinski definition) is 9. The molecule has 3 aromatic rings. The van der Waals surface area contributed by atoms with Gasteiger partial charge >= 0.3 is 6.09 Å². The number of likely N-dealkylation sites (tertiary alicyclic amines) is 1. The maximum atomic E-state index is 13.8. The van der Waals surface area contributed by atoms with E-state index in [9.17, 15) is 24.3 Å². The average molecular weight is 613 g/mol. The second-order valence-corrected chi connectivity index (χ2v) is 12.9. The quantitative estimate of drug-likeness (QED) is 0.283. The predicted molar refractivity (Wildman–Crippen MR) is 160 cm³/mol. The van der Waals surface area contributed by atoms with E-state index in [2.05, 4.69) is 19.9 Å². The number of ketones is 1. The third kappa shape index (κ3) is 6.84. The Morgan fingerprint density at radius 3 is 2.55 bits per heavy atom. The summed E-state index contributed by atoms with van der Waals surface area (Å²) in [6.07, 6.45) is -0.620. The SMILES string of the molecule is CCCC[C@@H](C(=O)C(=O)N[C@H](C)c1ccccc1)N(C(=O)O)C1CC(C)(C)CN1C(=O)c1csc(-c2snnc2C)n1. The van der Waals surface area contributed by atoms with Crippen molar-refractivity contribution in [1.82, 2.24) is 29.7 Å². The van der Waals surface area contributed by atoms with Gasteiger partial charge in [0.2, 0.25) is 5.78 Å². The van der Waals surface area contributed by atoms with Gasteiger partial charge in [-0.3, -0.25) is 19.3 Å². The molecule has 0 radical (unpaired) electrons. The maximum Gasteiger partial charge on any atom is 0.409 e. The van der Waals surface area contributed by atoms with E-state index in [0.717, 1.165) is 15.3 Å². The Kier molecular flexibility index (Phi) is 9.72. The van der Waals surface area contributed by atoms with Gasteiger partial charge in [-0.15, -0.1) is 16.4 Å². The summed E-state index contributed by atoms with van der Waals surface area (Å²) in [5.74, 6) is -2.13. The molecule has 3 heterocycles. The zero-order valence-electron chi connectivity index (χ0n) is 24.4. The van der Waals surface area contributed by atoms with Crippen molar-refractivity contribution in [2.75, 3.05) is 6.54 Å². The molecule has 1 aliphatic rings. The fourth-order valence-corrected chi connectivity index (χ4v) is 6.83. The molecule has 11 nitrogen and oxygen atoms in total. The van der Waals surface area contributed by atoms with Crippen molar-refractivity contribution in [3.8, 4) is 9.88 Å². The van der Waals surface area contributed by atoms with Gasteiger partial charge in [-0.1, -0.05) is 68.4 Å². The Morgan fingerprint density at radius 1 is 1.21 bits per heavy atom. The Labute approximate surface area is 253 Å². The molecule has 1 saturated heterocycles. The van der Waals surface area contributed by atoms with E-state index in [-0.39, 0.29) is 18.7 Å². The minimum absolute atomic E-state index is 0.159. The smallest absolute Gasteiger partial charge is 0.409 e. The number of aromatic nitrogens is 3. The van der Waals surface area contributed by atoms with Crippen LogP contribution >= 0.6 is 22.9 Å². The molecule has 0 saturated carbocycles. The van der Waals surface area contributed by atoms with Crippen LogP contribution in [-0.2, 0) is 9.59 Å². The molecule has 3 amide bonds. The summed E-state index contributed by atoms with van der Waals surface area (Å²) in [5.41, 5.74) is 1.28. The number of carboxylic acid groups (broad SMARTS) is 1. The van der Waals surface area contributed by atoms with Crippen LogP contribution in [0.25, 0.3) is 9.88 Å². The molecule has 224 valence electrons. The normalized spacial score (nSPS) is 17.5. The van der Waals surface area contributed by atoms with Crippen molar-refractivity contribution >= 4 is 46.6 Å². The molecule has 0 aliphatic carbocycles. The molecule has 1 aromatic carbocycles. The first kappa shape index (κ1) is 31.2. The van der Waals surface area contributed by atoms with Gasteiger partial charge in [-0.05, 0) is 49.2 Å². The van der Waals surface area contributed by atoms with Crippen LogP contribution in [0.4, 0.5) is 4.79 Å². The van der Waals surface area contributed by atoms with Crippen molar-refractivity contribution in [3.63, 3.8) is 0 Å². The van der Waals surface area contributed by atoms with Crippen LogP contribution in [0.3, 0.4) is 0 Å². The summed E-state index contributed by atoms with van der Waals surface area (Å²) in [7, 11) is 0. The number of thiazole rings is 1. The van der Waals surface area contributed by atoms with Crippen LogP contribution in [0.5, 0.6) is 0 Å². The molecule has 2 aromatic heterocycles. The number of nitrogens with one attached hydrogen (secondary N) is 1. The lowest BCUT2D eigenvalue weighted by molar-refractivity contribution is -0.142. The van der Waals surface area contributed by atoms with Gasteiger partial charge in [0.05, 0.1) is 11.7 Å². The van der Waals surface area contributed by atoms with E-state index in [1.807, 2.05) is 58.0 Å². The van der Waals surface area contributed by atoms with Crippen LogP contribution in [0.15, 0.2) is 35.7 Å². The fourth-order valence-electron chi connectivity index (χ4n) is 5.25. The predicted octanol–water partition coefficient (Wildman–Crippen LogP) is 5.15. The highest BCUT2D eigenvalue weighted by molar-refractivity contribution is 7.18. The number of hydrogen-bond donors (Lipinski definition) is 2. The molecule has 0 spiro atoms. The second kappa shape index (κ2) is 13.1. The summed E-state index contributed by atoms with van der Waals surface area (Å²) in [6.45, 7) is 9.67. The van der Waals surface area contributed by atoms with Crippen molar-refractivity contribution in [1.29, 1.82) is 0 Å². The summed E-state index contributed by atoms with van der Waals surface area (Å²) in [6, 6.07) is 7.51. The van der Waals surface area contributed by atoms with Crippen molar-refractivity contribution in [2.45, 2.75) is 78.6 Å². The molecule has 1 aliphatic heterocycles. The maximum absolute atomic E-state index is 13.8. The Morgan fingerprint density at radius 2 is 1.93 bits per heavy atom. The van der Waals surface area contributed by atoms with Crippen LogP contribution < -0.4 is 5.32 Å². The molecule has 4 rings (SSSR count). The van der Waals surface area contributed by atoms with Crippen molar-refractivity contribution < 1.29 is 24.3 Å². The topological polar surface area (TPSA) is 146 Å². The number of unbranched alkanes of at least 4 members (excludes halogenated alkanes) is 1. The van der Waals surface area contributed by atoms with Gasteiger partial charge < -0.3 is 15.3 Å². The lowest BCUT2D eigenvalue weighted by Gasteiger charge is -2.37. The molecular formula is C29H36N6O5S2. The third-order valence-corrected chi connectivity index (χ3v) is 9.23. The number of nitrogens with zero attached hydrogens (tertiary/aromatic N) is 5. The number of benzene rings is 1. The number of amides is 3. The lowest BCUT2D eigenvalue weighted by Crippen LogP contribution is -2.58. The highest BCUT2D eigenvalue weighted by atomic mass is 32.1. The zero-order valence-corrected chi connectivity index (χ0v) is 26.0. The first-order valence-corrected chi connectivity index (χ1v) is 15.6. The lowest BCUT2D eigenvalue weighted by atomic mass is 9.91. The van der Waals surface area contributed by atoms with Gasteiger partial charge in [-0.2, -0.15) is 0 Å². The number of carbonyl (C=O) groups is 4. The molecule has 13 heteroatoms. The Hall–Kier alpha value is -3.71. The van der Waals surface area contributed by atoms with E-state index in [0.29, 0.717) is 30.0 Å². The van der Waals surface area contributed by atoms with Crippen LogP contribution in [0, 0.1) is 12.3 Å². The first-order chi connectivity index (χ1) is 19.9. The van der Waals surface area contributed by atoms with Crippen LogP contribution in [-0.4, -0.2) is 71.9 Å². The minimum Gasteiger partial charge on any atom is -0.465 e. The van der Waals surface area contributed by atoms with E-state index in [1.165, 1.54) is 27.8 Å². The molecule has 3 atom stereocenters. The Balaban J connectivity index is 1.63. The van der Waals surface area contributed by atoms with Gasteiger partial charge in [0.25, 0.3) is 11.8 Å². The average Bonchev–Trinajstić information content (AvgIpc) is 3.68. The monoisotopic (exact) mass is 612 g/mol. The van der Waals surface area contributed by atoms with E-state index >= 15 is 0 Å². The highest BCUT2D eigenvalue weighted by Crippen LogP contribution is 2.38. The molecule has 0 bridgehead atoms. The number of rotatable bonds is 11. The van der Waals surface area contributed by atoms with E-state index in [1.54, 1.807) is 12.3 Å². The summed E-state index contributed by atoms with van der Waals surface area (Å²) >= 11 is 2.48. The van der Waals surface area contributed by atoms with Crippen molar-refractivity contribution in [3.05, 3.63) is 52.7 Å². The van der Waals surface area contributed by atoms with E-state index in [4.69, 9.17) is 0 Å². The van der Waals surface area contributed by atoms with Crippen LogP contribution in [0.2, 0.25) is 0 Å². The van der Waals surface area contributed by atoms with Crippen LogP contribution in [0.1, 0.15) is 81.2 Å². The zero-order chi connectivity index (χ0) is 30.6. The number of carbonyl (C=O) groups excluding carboxylic acids is 3. The minimum atomic E-state index is -1.36. The largest absolute Gasteiger partial charge is 0.465 e. The van der Waals surface area contributed by atoms with Gasteiger partial charge in [-0.25, -0.2) is 9.78 Å². The molecule has 2 N–H and O–H groups in total. The molecule has 42 heavy (non-hydrogen) atoms. The molecule has 1 fully saturated rings. The third-order valence-electron chi connectivity index (χ3n) is 7.41. The molecular weight excluding hydrogens is 576 g/mol. The van der Waals surface area contributed by atoms with Gasteiger partial charge in [0.15, 0.2) is 0 Å². The number of Topliss-reactive ketones (excluding diaryl/α,β-unsaturated/α-hetero) is 1. The summed E-state index contributed by atoms with van der Waals surface area (Å²) in [5, 5.41) is 19.5.